The minimum Gasteiger partial charge on any atom is -0.336 e. The van der Waals surface area contributed by atoms with Gasteiger partial charge in [-0.05, 0) is 29.8 Å². The van der Waals surface area contributed by atoms with Crippen LogP contribution in [-0.4, -0.2) is 53.4 Å². The Morgan fingerprint density at radius 2 is 1.59 bits per heavy atom. The molecule has 0 bridgehead atoms. The molecule has 0 atom stereocenters. The van der Waals surface area contributed by atoms with Crippen LogP contribution in [0.2, 0.25) is 5.02 Å². The number of nitrogens with zero attached hydrogens (tertiary/aromatic N) is 3. The van der Waals surface area contributed by atoms with Gasteiger partial charge >= 0.3 is 0 Å². The molecule has 3 aromatic carbocycles. The first-order valence-electron chi connectivity index (χ1n) is 11.6. The molecular weight excluding hydrogens is 442 g/mol. The van der Waals surface area contributed by atoms with Crippen molar-refractivity contribution in [1.29, 1.82) is 0 Å². The molecule has 5 heteroatoms. The van der Waals surface area contributed by atoms with Crippen LogP contribution in [0.4, 0.5) is 0 Å². The highest BCUT2D eigenvalue weighted by molar-refractivity contribution is 6.30. The number of benzene rings is 3. The summed E-state index contributed by atoms with van der Waals surface area (Å²) in [6.07, 6.45) is 4.35. The number of amides is 1. The van der Waals surface area contributed by atoms with E-state index in [1.54, 1.807) is 0 Å². The van der Waals surface area contributed by atoms with E-state index in [1.807, 2.05) is 77.7 Å². The van der Waals surface area contributed by atoms with E-state index in [0.29, 0.717) is 23.7 Å². The summed E-state index contributed by atoms with van der Waals surface area (Å²) in [5.41, 5.74) is 4.45. The number of fused-ring (bicyclic) bond motifs is 1. The van der Waals surface area contributed by atoms with E-state index in [-0.39, 0.29) is 5.91 Å². The number of para-hydroxylation sites is 1. The zero-order chi connectivity index (χ0) is 23.3. The van der Waals surface area contributed by atoms with Crippen molar-refractivity contribution < 1.29 is 4.79 Å². The number of rotatable bonds is 5. The van der Waals surface area contributed by atoms with Gasteiger partial charge in [0.2, 0.25) is 0 Å². The first kappa shape index (κ1) is 22.3. The second-order valence-corrected chi connectivity index (χ2v) is 8.92. The van der Waals surface area contributed by atoms with Crippen LogP contribution in [0.15, 0.2) is 91.0 Å². The lowest BCUT2D eigenvalue weighted by Crippen LogP contribution is -2.48. The molecule has 0 N–H and O–H groups in total. The lowest BCUT2D eigenvalue weighted by molar-refractivity contribution is 0.0652. The summed E-state index contributed by atoms with van der Waals surface area (Å²) in [6, 6.07) is 27.7. The Labute approximate surface area is 205 Å². The molecule has 170 valence electrons. The van der Waals surface area contributed by atoms with Gasteiger partial charge < -0.3 is 4.90 Å². The molecule has 0 spiro atoms. The SMILES string of the molecule is O=C(c1cc(-c2ccc(Cl)cc2)nc2ccccc12)N1CCN(C/C=C\c2ccccc2)CC1. The zero-order valence-electron chi connectivity index (χ0n) is 18.9. The summed E-state index contributed by atoms with van der Waals surface area (Å²) in [5.74, 6) is 0.0632. The second-order valence-electron chi connectivity index (χ2n) is 8.48. The van der Waals surface area contributed by atoms with Gasteiger partial charge in [-0.1, -0.05) is 84.4 Å². The predicted octanol–water partition coefficient (Wildman–Crippen LogP) is 6.03. The van der Waals surface area contributed by atoms with Gasteiger partial charge in [-0.15, -0.1) is 0 Å². The Kier molecular flexibility index (Phi) is 6.70. The molecule has 0 radical (unpaired) electrons. The van der Waals surface area contributed by atoms with Crippen molar-refractivity contribution in [2.45, 2.75) is 0 Å². The van der Waals surface area contributed by atoms with Gasteiger partial charge in [-0.3, -0.25) is 9.69 Å². The molecule has 4 nitrogen and oxygen atoms in total. The van der Waals surface area contributed by atoms with Gasteiger partial charge in [-0.25, -0.2) is 4.98 Å². The molecule has 1 aliphatic heterocycles. The van der Waals surface area contributed by atoms with Crippen LogP contribution < -0.4 is 0 Å². The molecule has 5 rings (SSSR count). The lowest BCUT2D eigenvalue weighted by Gasteiger charge is -2.34. The van der Waals surface area contributed by atoms with E-state index in [1.165, 1.54) is 5.56 Å². The number of pyridine rings is 1. The highest BCUT2D eigenvalue weighted by Gasteiger charge is 2.24. The van der Waals surface area contributed by atoms with Gasteiger partial charge in [0.25, 0.3) is 5.91 Å². The Morgan fingerprint density at radius 1 is 0.882 bits per heavy atom. The van der Waals surface area contributed by atoms with E-state index in [0.717, 1.165) is 41.8 Å². The molecular formula is C29H26ClN3O. The maximum absolute atomic E-state index is 13.6. The van der Waals surface area contributed by atoms with Gasteiger partial charge in [-0.2, -0.15) is 0 Å². The molecule has 0 aliphatic carbocycles. The average Bonchev–Trinajstić information content (AvgIpc) is 2.89. The first-order chi connectivity index (χ1) is 16.7. The van der Waals surface area contributed by atoms with Crippen molar-refractivity contribution in [2.24, 2.45) is 0 Å². The van der Waals surface area contributed by atoms with Gasteiger partial charge in [0.05, 0.1) is 16.8 Å². The average molecular weight is 468 g/mol. The molecule has 4 aromatic rings. The number of carbonyl (C=O) groups is 1. The van der Waals surface area contributed by atoms with E-state index in [9.17, 15) is 4.79 Å². The third kappa shape index (κ3) is 5.04. The predicted molar refractivity (Wildman–Crippen MR) is 140 cm³/mol. The summed E-state index contributed by atoms with van der Waals surface area (Å²) < 4.78 is 0. The molecule has 1 saturated heterocycles. The lowest BCUT2D eigenvalue weighted by atomic mass is 10.0. The molecule has 1 aromatic heterocycles. The normalized spacial score (nSPS) is 14.7. The second kappa shape index (κ2) is 10.2. The smallest absolute Gasteiger partial charge is 0.254 e. The Balaban J connectivity index is 1.31. The highest BCUT2D eigenvalue weighted by Crippen LogP contribution is 2.27. The van der Waals surface area contributed by atoms with Crippen LogP contribution >= 0.6 is 11.6 Å². The van der Waals surface area contributed by atoms with Crippen LogP contribution in [0.3, 0.4) is 0 Å². The standard InChI is InChI=1S/C29H26ClN3O/c30-24-14-12-23(13-15-24)28-21-26(25-10-4-5-11-27(25)31-28)29(34)33-19-17-32(18-20-33)16-6-9-22-7-2-1-3-8-22/h1-15,21H,16-20H2/b9-6-. The minimum absolute atomic E-state index is 0.0632. The molecule has 34 heavy (non-hydrogen) atoms. The van der Waals surface area contributed by atoms with Crippen molar-refractivity contribution >= 4 is 34.5 Å². The maximum Gasteiger partial charge on any atom is 0.254 e. The summed E-state index contributed by atoms with van der Waals surface area (Å²) >= 11 is 6.06. The zero-order valence-corrected chi connectivity index (χ0v) is 19.7. The highest BCUT2D eigenvalue weighted by atomic mass is 35.5. The van der Waals surface area contributed by atoms with Gasteiger partial charge in [0.15, 0.2) is 0 Å². The Morgan fingerprint density at radius 3 is 2.35 bits per heavy atom. The summed E-state index contributed by atoms with van der Waals surface area (Å²) in [5, 5.41) is 1.57. The number of halogens is 1. The van der Waals surface area contributed by atoms with Crippen molar-refractivity contribution in [3.63, 3.8) is 0 Å². The molecule has 0 unspecified atom stereocenters. The Bertz CT molecular complexity index is 1310. The van der Waals surface area contributed by atoms with E-state index in [2.05, 4.69) is 29.2 Å². The number of aromatic nitrogens is 1. The quantitative estimate of drug-likeness (QED) is 0.359. The number of carbonyl (C=O) groups excluding carboxylic acids is 1. The van der Waals surface area contributed by atoms with Crippen molar-refractivity contribution in [2.75, 3.05) is 32.7 Å². The molecule has 1 amide bonds. The summed E-state index contributed by atoms with van der Waals surface area (Å²) in [4.78, 5) is 22.8. The fourth-order valence-corrected chi connectivity index (χ4v) is 4.45. The molecule has 1 aliphatic rings. The number of piperazine rings is 1. The third-order valence-corrected chi connectivity index (χ3v) is 6.47. The van der Waals surface area contributed by atoms with Gasteiger partial charge in [0, 0.05) is 48.7 Å². The van der Waals surface area contributed by atoms with Gasteiger partial charge in [0.1, 0.15) is 0 Å². The van der Waals surface area contributed by atoms with E-state index >= 15 is 0 Å². The minimum atomic E-state index is 0.0632. The van der Waals surface area contributed by atoms with E-state index < -0.39 is 0 Å². The molecule has 2 heterocycles. The van der Waals surface area contributed by atoms with Crippen molar-refractivity contribution in [3.05, 3.63) is 107 Å². The number of hydrogen-bond donors (Lipinski definition) is 0. The molecule has 0 saturated carbocycles. The Hall–Kier alpha value is -3.47. The van der Waals surface area contributed by atoms with Crippen LogP contribution in [0.1, 0.15) is 15.9 Å². The first-order valence-corrected chi connectivity index (χ1v) is 11.9. The van der Waals surface area contributed by atoms with Crippen LogP contribution in [0, 0.1) is 0 Å². The largest absolute Gasteiger partial charge is 0.336 e. The third-order valence-electron chi connectivity index (χ3n) is 6.22. The van der Waals surface area contributed by atoms with Crippen LogP contribution in [0.25, 0.3) is 28.2 Å². The van der Waals surface area contributed by atoms with Crippen molar-refractivity contribution in [3.8, 4) is 11.3 Å². The van der Waals surface area contributed by atoms with E-state index in [4.69, 9.17) is 16.6 Å². The fourth-order valence-electron chi connectivity index (χ4n) is 4.33. The monoisotopic (exact) mass is 467 g/mol. The maximum atomic E-state index is 13.6. The van der Waals surface area contributed by atoms with Crippen LogP contribution in [-0.2, 0) is 0 Å². The summed E-state index contributed by atoms with van der Waals surface area (Å²) in [6.45, 7) is 4.03. The number of hydrogen-bond acceptors (Lipinski definition) is 3. The molecule has 1 fully saturated rings. The topological polar surface area (TPSA) is 36.4 Å². The van der Waals surface area contributed by atoms with Crippen LogP contribution in [0.5, 0.6) is 0 Å². The van der Waals surface area contributed by atoms with Crippen molar-refractivity contribution in [1.82, 2.24) is 14.8 Å². The summed E-state index contributed by atoms with van der Waals surface area (Å²) in [7, 11) is 0. The fraction of sp³-hybridized carbons (Fsp3) is 0.172.